The Labute approximate surface area is 110 Å². The molecule has 2 rings (SSSR count). The summed E-state index contributed by atoms with van der Waals surface area (Å²) in [6.07, 6.45) is 0. The van der Waals surface area contributed by atoms with Crippen LogP contribution in [-0.4, -0.2) is 16.4 Å². The molecular formula is C14H13N3O2. The summed E-state index contributed by atoms with van der Waals surface area (Å²) in [6, 6.07) is 12.4. The smallest absolute Gasteiger partial charge is 0.267 e. The Kier molecular flexibility index (Phi) is 3.94. The second kappa shape index (κ2) is 5.83. The van der Waals surface area contributed by atoms with Crippen LogP contribution < -0.4 is 10.3 Å². The van der Waals surface area contributed by atoms with Gasteiger partial charge in [-0.25, -0.2) is 4.68 Å². The fraction of sp³-hybridized carbons (Fsp3) is 0.214. The van der Waals surface area contributed by atoms with Crippen molar-refractivity contribution in [3.8, 4) is 23.1 Å². The first-order valence-corrected chi connectivity index (χ1v) is 5.93. The molecule has 2 aromatic rings. The minimum absolute atomic E-state index is 0.0519. The second-order valence-corrected chi connectivity index (χ2v) is 3.83. The number of nitrogens with zero attached hydrogens (tertiary/aromatic N) is 3. The number of rotatable bonds is 4. The van der Waals surface area contributed by atoms with Crippen LogP contribution in [0.2, 0.25) is 0 Å². The monoisotopic (exact) mass is 255 g/mol. The summed E-state index contributed by atoms with van der Waals surface area (Å²) < 4.78 is 6.50. The first kappa shape index (κ1) is 12.8. The first-order valence-electron chi connectivity index (χ1n) is 5.93. The number of hydrogen-bond acceptors (Lipinski definition) is 4. The van der Waals surface area contributed by atoms with Gasteiger partial charge in [-0.15, -0.1) is 0 Å². The van der Waals surface area contributed by atoms with E-state index in [1.165, 1.54) is 6.07 Å². The lowest BCUT2D eigenvalue weighted by Crippen LogP contribution is -2.21. The summed E-state index contributed by atoms with van der Waals surface area (Å²) in [4.78, 5) is 11.5. The Hall–Kier alpha value is -2.61. The highest BCUT2D eigenvalue weighted by atomic mass is 16.5. The molecule has 0 amide bonds. The van der Waals surface area contributed by atoms with Gasteiger partial charge in [-0.3, -0.25) is 4.79 Å². The van der Waals surface area contributed by atoms with Crippen molar-refractivity contribution < 1.29 is 4.74 Å². The molecule has 19 heavy (non-hydrogen) atoms. The molecule has 0 aliphatic rings. The van der Waals surface area contributed by atoms with Crippen LogP contribution in [-0.2, 0) is 6.54 Å². The summed E-state index contributed by atoms with van der Waals surface area (Å²) in [7, 11) is 0. The van der Waals surface area contributed by atoms with Gasteiger partial charge in [-0.2, -0.15) is 10.4 Å². The number of ether oxygens (including phenoxy) is 1. The van der Waals surface area contributed by atoms with E-state index in [1.807, 2.05) is 37.3 Å². The van der Waals surface area contributed by atoms with Crippen LogP contribution in [0.15, 0.2) is 41.2 Å². The minimum Gasteiger partial charge on any atom is -0.494 e. The van der Waals surface area contributed by atoms with Gasteiger partial charge in [0.25, 0.3) is 5.56 Å². The number of hydrogen-bond donors (Lipinski definition) is 0. The SMILES string of the molecule is CCOc1ccc(-c2ccc(=O)n(CC#N)n2)cc1. The van der Waals surface area contributed by atoms with Gasteiger partial charge in [-0.05, 0) is 37.3 Å². The molecule has 0 radical (unpaired) electrons. The van der Waals surface area contributed by atoms with Crippen LogP contribution in [0.4, 0.5) is 0 Å². The van der Waals surface area contributed by atoms with Crippen molar-refractivity contribution in [1.29, 1.82) is 5.26 Å². The summed E-state index contributed by atoms with van der Waals surface area (Å²) in [5.41, 5.74) is 1.24. The second-order valence-electron chi connectivity index (χ2n) is 3.83. The van der Waals surface area contributed by atoms with Crippen molar-refractivity contribution in [1.82, 2.24) is 9.78 Å². The number of nitriles is 1. The van der Waals surface area contributed by atoms with Crippen LogP contribution in [0.25, 0.3) is 11.3 Å². The van der Waals surface area contributed by atoms with E-state index in [4.69, 9.17) is 10.00 Å². The molecule has 0 bridgehead atoms. The molecule has 1 heterocycles. The molecule has 0 saturated carbocycles. The fourth-order valence-corrected chi connectivity index (χ4v) is 1.67. The van der Waals surface area contributed by atoms with Crippen LogP contribution in [0.1, 0.15) is 6.92 Å². The lowest BCUT2D eigenvalue weighted by Gasteiger charge is -2.06. The molecule has 0 spiro atoms. The van der Waals surface area contributed by atoms with E-state index >= 15 is 0 Å². The van der Waals surface area contributed by atoms with E-state index in [-0.39, 0.29) is 12.1 Å². The minimum atomic E-state index is -0.281. The van der Waals surface area contributed by atoms with Crippen LogP contribution >= 0.6 is 0 Å². The van der Waals surface area contributed by atoms with Crippen molar-refractivity contribution in [2.45, 2.75) is 13.5 Å². The van der Waals surface area contributed by atoms with E-state index < -0.39 is 0 Å². The highest BCUT2D eigenvalue weighted by molar-refractivity contribution is 5.59. The van der Waals surface area contributed by atoms with E-state index in [9.17, 15) is 4.79 Å². The average Bonchev–Trinajstić information content (AvgIpc) is 2.43. The van der Waals surface area contributed by atoms with Gasteiger partial charge in [0.15, 0.2) is 0 Å². The van der Waals surface area contributed by atoms with E-state index in [1.54, 1.807) is 6.07 Å². The molecule has 1 aromatic carbocycles. The zero-order valence-corrected chi connectivity index (χ0v) is 10.5. The highest BCUT2D eigenvalue weighted by Gasteiger charge is 2.03. The molecule has 0 aliphatic heterocycles. The maximum atomic E-state index is 11.5. The number of aromatic nitrogens is 2. The molecule has 5 heteroatoms. The predicted molar refractivity (Wildman–Crippen MR) is 70.7 cm³/mol. The van der Waals surface area contributed by atoms with Gasteiger partial charge < -0.3 is 4.74 Å². The predicted octanol–water partition coefficient (Wildman–Crippen LogP) is 1.83. The standard InChI is InChI=1S/C14H13N3O2/c1-2-19-12-5-3-11(4-6-12)13-7-8-14(18)17(16-13)10-9-15/h3-8H,2,10H2,1H3. The largest absolute Gasteiger partial charge is 0.494 e. The summed E-state index contributed by atoms with van der Waals surface area (Å²) >= 11 is 0. The first-order chi connectivity index (χ1) is 9.24. The van der Waals surface area contributed by atoms with Gasteiger partial charge in [0.1, 0.15) is 12.3 Å². The van der Waals surface area contributed by atoms with Crippen molar-refractivity contribution >= 4 is 0 Å². The maximum Gasteiger partial charge on any atom is 0.267 e. The fourth-order valence-electron chi connectivity index (χ4n) is 1.67. The lowest BCUT2D eigenvalue weighted by atomic mass is 10.1. The molecule has 5 nitrogen and oxygen atoms in total. The molecule has 0 fully saturated rings. The van der Waals surface area contributed by atoms with Crippen molar-refractivity contribution in [2.24, 2.45) is 0 Å². The van der Waals surface area contributed by atoms with Gasteiger partial charge in [0, 0.05) is 11.6 Å². The van der Waals surface area contributed by atoms with E-state index in [0.717, 1.165) is 16.0 Å². The Morgan fingerprint density at radius 3 is 2.63 bits per heavy atom. The molecule has 0 aliphatic carbocycles. The lowest BCUT2D eigenvalue weighted by molar-refractivity contribution is 0.340. The third-order valence-electron chi connectivity index (χ3n) is 2.55. The molecule has 0 N–H and O–H groups in total. The molecule has 0 unspecified atom stereocenters. The van der Waals surface area contributed by atoms with Crippen molar-refractivity contribution in [3.05, 3.63) is 46.8 Å². The highest BCUT2D eigenvalue weighted by Crippen LogP contribution is 2.19. The molecule has 1 aromatic heterocycles. The third-order valence-corrected chi connectivity index (χ3v) is 2.55. The summed E-state index contributed by atoms with van der Waals surface area (Å²) in [5.74, 6) is 0.789. The molecule has 96 valence electrons. The summed E-state index contributed by atoms with van der Waals surface area (Å²) in [6.45, 7) is 2.49. The Balaban J connectivity index is 2.34. The van der Waals surface area contributed by atoms with Crippen LogP contribution in [0.5, 0.6) is 5.75 Å². The van der Waals surface area contributed by atoms with Crippen LogP contribution in [0.3, 0.4) is 0 Å². The van der Waals surface area contributed by atoms with Crippen molar-refractivity contribution in [2.75, 3.05) is 6.61 Å². The molecule has 0 atom stereocenters. The van der Waals surface area contributed by atoms with Gasteiger partial charge in [0.05, 0.1) is 18.4 Å². The van der Waals surface area contributed by atoms with Crippen molar-refractivity contribution in [3.63, 3.8) is 0 Å². The Morgan fingerprint density at radius 2 is 2.00 bits per heavy atom. The normalized spacial score (nSPS) is 9.89. The average molecular weight is 255 g/mol. The zero-order chi connectivity index (χ0) is 13.7. The summed E-state index contributed by atoms with van der Waals surface area (Å²) in [5, 5.41) is 12.8. The molecular weight excluding hydrogens is 242 g/mol. The maximum absolute atomic E-state index is 11.5. The topological polar surface area (TPSA) is 67.9 Å². The molecule has 0 saturated heterocycles. The quantitative estimate of drug-likeness (QED) is 0.835. The van der Waals surface area contributed by atoms with E-state index in [0.29, 0.717) is 12.3 Å². The van der Waals surface area contributed by atoms with Crippen LogP contribution in [0, 0.1) is 11.3 Å². The zero-order valence-electron chi connectivity index (χ0n) is 10.5. The van der Waals surface area contributed by atoms with Gasteiger partial charge >= 0.3 is 0 Å². The van der Waals surface area contributed by atoms with Gasteiger partial charge in [-0.1, -0.05) is 0 Å². The number of benzene rings is 1. The third kappa shape index (κ3) is 2.99. The van der Waals surface area contributed by atoms with E-state index in [2.05, 4.69) is 5.10 Å². The Morgan fingerprint density at radius 1 is 1.26 bits per heavy atom. The van der Waals surface area contributed by atoms with Gasteiger partial charge in [0.2, 0.25) is 0 Å². The Bertz CT molecular complexity index is 654.